The number of benzene rings is 1. The molecule has 1 aromatic rings. The molecule has 9 heteroatoms. The van der Waals surface area contributed by atoms with E-state index in [2.05, 4.69) is 15.1 Å². The Balaban J connectivity index is 1.47. The summed E-state index contributed by atoms with van der Waals surface area (Å²) in [7, 11) is 0. The largest absolute Gasteiger partial charge is 0.461 e. The topological polar surface area (TPSA) is 98.7 Å². The molecule has 0 amide bonds. The quantitative estimate of drug-likeness (QED) is 0.185. The Kier molecular flexibility index (Phi) is 9.94. The fourth-order valence-electron chi connectivity index (χ4n) is 4.29. The summed E-state index contributed by atoms with van der Waals surface area (Å²) in [6, 6.07) is 9.76. The van der Waals surface area contributed by atoms with Crippen LogP contribution in [0.5, 0.6) is 0 Å². The molecule has 0 unspecified atom stereocenters. The number of ether oxygens (including phenoxy) is 3. The maximum atomic E-state index is 12.3. The lowest BCUT2D eigenvalue weighted by molar-refractivity contribution is -0.149. The highest BCUT2D eigenvalue weighted by molar-refractivity contribution is 8.13. The third-order valence-electron chi connectivity index (χ3n) is 6.05. The van der Waals surface area contributed by atoms with Crippen molar-refractivity contribution in [3.05, 3.63) is 35.9 Å². The van der Waals surface area contributed by atoms with Crippen molar-refractivity contribution in [2.75, 3.05) is 25.9 Å². The van der Waals surface area contributed by atoms with Gasteiger partial charge in [-0.2, -0.15) is 5.10 Å². The fraction of sp³-hybridized carbons (Fsp3) is 0.640. The average molecular weight is 491 g/mol. The summed E-state index contributed by atoms with van der Waals surface area (Å²) in [4.78, 5) is 14.7. The van der Waals surface area contributed by atoms with Crippen molar-refractivity contribution < 1.29 is 19.0 Å². The Hall–Kier alpha value is -1.94. The number of fused-ring (bicyclic) bond motifs is 1. The van der Waals surface area contributed by atoms with Crippen molar-refractivity contribution in [1.82, 2.24) is 4.90 Å². The highest BCUT2D eigenvalue weighted by Gasteiger charge is 2.44. The molecule has 2 aliphatic heterocycles. The normalized spacial score (nSPS) is 25.1. The zero-order valence-electron chi connectivity index (χ0n) is 20.7. The van der Waals surface area contributed by atoms with Gasteiger partial charge >= 0.3 is 5.97 Å². The van der Waals surface area contributed by atoms with E-state index >= 15 is 0 Å². The molecule has 8 nitrogen and oxygen atoms in total. The van der Waals surface area contributed by atoms with Crippen LogP contribution in [0.1, 0.15) is 52.0 Å². The van der Waals surface area contributed by atoms with Gasteiger partial charge < -0.3 is 19.9 Å². The standard InChI is InChI=1S/C25H38N4O4S/c1-18(23(30)31-17-19-11-6-5-7-12-19)10-8-9-13-29-15-20(27-28-24(26)34-4)14-21-22(16-29)33-25(2,3)32-21/h5-7,11-12,18,21-22H,8-10,13-17H2,1-4H3,(H2,26,28)/b27-20-/t18-,21-,22+/m0/s1. The molecule has 2 saturated heterocycles. The number of esters is 1. The summed E-state index contributed by atoms with van der Waals surface area (Å²) in [5.74, 6) is -0.856. The van der Waals surface area contributed by atoms with Crippen LogP contribution in [-0.2, 0) is 25.6 Å². The van der Waals surface area contributed by atoms with Gasteiger partial charge in [-0.3, -0.25) is 9.69 Å². The molecule has 2 aliphatic rings. The Morgan fingerprint density at radius 2 is 2.00 bits per heavy atom. The number of unbranched alkanes of at least 4 members (excludes halogenated alkanes) is 1. The van der Waals surface area contributed by atoms with Gasteiger partial charge in [-0.25, -0.2) is 0 Å². The minimum absolute atomic E-state index is 0.00327. The molecule has 3 rings (SSSR count). The van der Waals surface area contributed by atoms with Gasteiger partial charge in [0.05, 0.1) is 17.7 Å². The fourth-order valence-corrected chi connectivity index (χ4v) is 4.41. The molecular formula is C25H38N4O4S. The Bertz CT molecular complexity index is 862. The number of thioether (sulfide) groups is 1. The zero-order valence-corrected chi connectivity index (χ0v) is 21.6. The van der Waals surface area contributed by atoms with Crippen molar-refractivity contribution in [3.8, 4) is 0 Å². The van der Waals surface area contributed by atoms with Crippen LogP contribution in [0.4, 0.5) is 0 Å². The summed E-state index contributed by atoms with van der Waals surface area (Å²) in [6.45, 7) is 8.54. The number of likely N-dealkylation sites (tertiary alicyclic amines) is 1. The smallest absolute Gasteiger partial charge is 0.308 e. The van der Waals surface area contributed by atoms with Crippen LogP contribution in [0.25, 0.3) is 0 Å². The highest BCUT2D eigenvalue weighted by Crippen LogP contribution is 2.32. The number of nitrogens with two attached hydrogens (primary N) is 1. The number of hydrogen-bond donors (Lipinski definition) is 1. The number of carbonyl (C=O) groups is 1. The van der Waals surface area contributed by atoms with E-state index in [1.54, 1.807) is 0 Å². The molecular weight excluding hydrogens is 452 g/mol. The Morgan fingerprint density at radius 1 is 1.26 bits per heavy atom. The minimum atomic E-state index is -0.597. The highest BCUT2D eigenvalue weighted by atomic mass is 32.2. The summed E-state index contributed by atoms with van der Waals surface area (Å²) < 4.78 is 17.7. The monoisotopic (exact) mass is 490 g/mol. The van der Waals surface area contributed by atoms with Gasteiger partial charge in [0.25, 0.3) is 0 Å². The predicted octanol–water partition coefficient (Wildman–Crippen LogP) is 3.80. The molecule has 3 atom stereocenters. The first kappa shape index (κ1) is 26.7. The van der Waals surface area contributed by atoms with Gasteiger partial charge in [0.15, 0.2) is 11.0 Å². The van der Waals surface area contributed by atoms with Crippen molar-refractivity contribution in [1.29, 1.82) is 0 Å². The molecule has 1 aromatic carbocycles. The van der Waals surface area contributed by atoms with Crippen molar-refractivity contribution in [2.45, 2.75) is 71.1 Å². The second-order valence-corrected chi connectivity index (χ2v) is 10.3. The van der Waals surface area contributed by atoms with Gasteiger partial charge in [-0.1, -0.05) is 55.4 Å². The van der Waals surface area contributed by atoms with Crippen molar-refractivity contribution >= 4 is 28.6 Å². The van der Waals surface area contributed by atoms with E-state index in [9.17, 15) is 4.79 Å². The van der Waals surface area contributed by atoms with Crippen LogP contribution in [0.2, 0.25) is 0 Å². The molecule has 0 radical (unpaired) electrons. The van der Waals surface area contributed by atoms with Crippen molar-refractivity contribution in [2.24, 2.45) is 21.9 Å². The lowest BCUT2D eigenvalue weighted by Gasteiger charge is -2.24. The van der Waals surface area contributed by atoms with Gasteiger partial charge in [-0.05, 0) is 45.1 Å². The molecule has 0 aliphatic carbocycles. The second kappa shape index (κ2) is 12.7. The third-order valence-corrected chi connectivity index (χ3v) is 6.55. The zero-order chi connectivity index (χ0) is 24.6. The molecule has 2 N–H and O–H groups in total. The first-order valence-corrected chi connectivity index (χ1v) is 13.2. The first-order valence-electron chi connectivity index (χ1n) is 12.0. The van der Waals surface area contributed by atoms with Crippen LogP contribution < -0.4 is 5.73 Å². The van der Waals surface area contributed by atoms with Gasteiger partial charge in [-0.15, -0.1) is 5.10 Å². The maximum absolute atomic E-state index is 12.3. The van der Waals surface area contributed by atoms with E-state index in [0.717, 1.165) is 43.6 Å². The van der Waals surface area contributed by atoms with Crippen LogP contribution in [0.3, 0.4) is 0 Å². The minimum Gasteiger partial charge on any atom is -0.461 e. The maximum Gasteiger partial charge on any atom is 0.308 e. The number of hydrogen-bond acceptors (Lipinski definition) is 8. The van der Waals surface area contributed by atoms with Gasteiger partial charge in [0.2, 0.25) is 0 Å². The molecule has 0 aromatic heterocycles. The summed E-state index contributed by atoms with van der Waals surface area (Å²) in [5, 5.41) is 9.00. The van der Waals surface area contributed by atoms with Crippen LogP contribution in [-0.4, -0.2) is 65.6 Å². The van der Waals surface area contributed by atoms with Crippen LogP contribution in [0.15, 0.2) is 40.5 Å². The summed E-state index contributed by atoms with van der Waals surface area (Å²) in [5.41, 5.74) is 7.77. The van der Waals surface area contributed by atoms with E-state index in [-0.39, 0.29) is 24.1 Å². The molecule has 34 heavy (non-hydrogen) atoms. The van der Waals surface area contributed by atoms with E-state index in [1.165, 1.54) is 11.8 Å². The summed E-state index contributed by atoms with van der Waals surface area (Å²) in [6.07, 6.45) is 5.24. The lowest BCUT2D eigenvalue weighted by atomic mass is 10.0. The third kappa shape index (κ3) is 8.37. The summed E-state index contributed by atoms with van der Waals surface area (Å²) >= 11 is 1.38. The second-order valence-electron chi connectivity index (χ2n) is 9.45. The Morgan fingerprint density at radius 3 is 2.74 bits per heavy atom. The number of amidine groups is 1. The molecule has 188 valence electrons. The van der Waals surface area contributed by atoms with Crippen molar-refractivity contribution in [3.63, 3.8) is 0 Å². The molecule has 0 saturated carbocycles. The van der Waals surface area contributed by atoms with Gasteiger partial charge in [0.1, 0.15) is 12.7 Å². The predicted molar refractivity (Wildman–Crippen MR) is 137 cm³/mol. The Labute approximate surface area is 207 Å². The van der Waals surface area contributed by atoms with Crippen LogP contribution >= 0.6 is 11.8 Å². The van der Waals surface area contributed by atoms with E-state index < -0.39 is 5.79 Å². The molecule has 0 spiro atoms. The average Bonchev–Trinajstić information content (AvgIpc) is 3.01. The molecule has 2 fully saturated rings. The number of rotatable bonds is 9. The van der Waals surface area contributed by atoms with E-state index in [0.29, 0.717) is 24.7 Å². The number of carbonyl (C=O) groups excluding carboxylic acids is 1. The van der Waals surface area contributed by atoms with Crippen LogP contribution in [0, 0.1) is 5.92 Å². The lowest BCUT2D eigenvalue weighted by Crippen LogP contribution is -2.36. The first-order chi connectivity index (χ1) is 16.3. The van der Waals surface area contributed by atoms with Gasteiger partial charge in [0, 0.05) is 19.5 Å². The SMILES string of the molecule is CSC(N)=N/N=C1/C[C@@H]2OC(C)(C)O[C@@H]2CN(CCCC[C@H](C)C(=O)OCc2ccccc2)C1. The van der Waals surface area contributed by atoms with E-state index in [1.807, 2.05) is 57.4 Å². The molecule has 2 heterocycles. The number of nitrogens with zero attached hydrogens (tertiary/aromatic N) is 3. The molecule has 0 bridgehead atoms. The van der Waals surface area contributed by atoms with E-state index in [4.69, 9.17) is 19.9 Å².